The first-order valence-corrected chi connectivity index (χ1v) is 7.50. The van der Waals surface area contributed by atoms with Crippen molar-refractivity contribution in [1.82, 2.24) is 0 Å². The number of carbonyl (C=O) groups is 1. The van der Waals surface area contributed by atoms with Crippen molar-refractivity contribution < 1.29 is 22.3 Å². The van der Waals surface area contributed by atoms with Gasteiger partial charge < -0.3 is 10.1 Å². The van der Waals surface area contributed by atoms with Crippen molar-refractivity contribution in [1.29, 1.82) is 0 Å². The number of sulfone groups is 1. The number of ether oxygens (including phenoxy) is 1. The lowest BCUT2D eigenvalue weighted by Gasteiger charge is -2.06. The molecule has 0 saturated carbocycles. The average Bonchev–Trinajstić information content (AvgIpc) is 2.37. The zero-order chi connectivity index (χ0) is 14.3. The van der Waals surface area contributed by atoms with Crippen LogP contribution >= 0.6 is 0 Å². The van der Waals surface area contributed by atoms with Crippen LogP contribution in [0.4, 0.5) is 10.1 Å². The lowest BCUT2D eigenvalue weighted by molar-refractivity contribution is -0.115. The largest absolute Gasteiger partial charge is 0.384 e. The molecule has 0 saturated heterocycles. The minimum atomic E-state index is -3.28. The van der Waals surface area contributed by atoms with Gasteiger partial charge in [0, 0.05) is 19.2 Å². The second-order valence-corrected chi connectivity index (χ2v) is 6.25. The zero-order valence-electron chi connectivity index (χ0n) is 10.6. The summed E-state index contributed by atoms with van der Waals surface area (Å²) in [6.07, 6.45) is -0.135. The molecule has 7 heteroatoms. The van der Waals surface area contributed by atoms with Crippen molar-refractivity contribution in [2.45, 2.75) is 6.42 Å². The Labute approximate surface area is 111 Å². The summed E-state index contributed by atoms with van der Waals surface area (Å²) in [5.41, 5.74) is 0.431. The van der Waals surface area contributed by atoms with E-state index >= 15 is 0 Å². The highest BCUT2D eigenvalue weighted by Crippen LogP contribution is 2.08. The number of rotatable bonds is 7. The Hall–Kier alpha value is -1.47. The highest BCUT2D eigenvalue weighted by molar-refractivity contribution is 7.91. The smallest absolute Gasteiger partial charge is 0.225 e. The molecule has 0 aliphatic carbocycles. The van der Waals surface area contributed by atoms with Crippen LogP contribution in [0.3, 0.4) is 0 Å². The van der Waals surface area contributed by atoms with Crippen molar-refractivity contribution in [2.24, 2.45) is 0 Å². The number of nitrogens with one attached hydrogen (secondary N) is 1. The molecule has 1 amide bonds. The molecule has 0 unspecified atom stereocenters. The van der Waals surface area contributed by atoms with Gasteiger partial charge in [0.15, 0.2) is 9.84 Å². The third-order valence-corrected chi connectivity index (χ3v) is 3.98. The van der Waals surface area contributed by atoms with E-state index in [9.17, 15) is 17.6 Å². The molecule has 1 aromatic carbocycles. The first-order valence-electron chi connectivity index (χ1n) is 5.68. The molecule has 1 aromatic rings. The summed E-state index contributed by atoms with van der Waals surface area (Å²) in [4.78, 5) is 11.5. The van der Waals surface area contributed by atoms with Gasteiger partial charge in [-0.15, -0.1) is 0 Å². The van der Waals surface area contributed by atoms with Crippen molar-refractivity contribution in [3.63, 3.8) is 0 Å². The Balaban J connectivity index is 2.41. The van der Waals surface area contributed by atoms with Crippen molar-refractivity contribution in [3.8, 4) is 0 Å². The van der Waals surface area contributed by atoms with Gasteiger partial charge in [0.05, 0.1) is 18.1 Å². The van der Waals surface area contributed by atoms with Gasteiger partial charge >= 0.3 is 0 Å². The second-order valence-electron chi connectivity index (χ2n) is 3.95. The summed E-state index contributed by atoms with van der Waals surface area (Å²) in [6.45, 7) is 0.113. The summed E-state index contributed by atoms with van der Waals surface area (Å²) < 4.78 is 40.3. The van der Waals surface area contributed by atoms with Crippen molar-refractivity contribution in [3.05, 3.63) is 30.1 Å². The normalized spacial score (nSPS) is 11.3. The molecule has 106 valence electrons. The van der Waals surface area contributed by atoms with E-state index in [2.05, 4.69) is 10.1 Å². The molecular formula is C12H16FNO4S. The van der Waals surface area contributed by atoms with Crippen LogP contribution < -0.4 is 5.32 Å². The minimum absolute atomic E-state index is 0.104. The summed E-state index contributed by atoms with van der Waals surface area (Å²) >= 11 is 0. The molecule has 0 bridgehead atoms. The standard InChI is InChI=1S/C12H16FNO4S/c1-18-7-9-19(16,17)8-6-12(15)14-11-4-2-10(13)3-5-11/h2-5H,6-9H2,1H3,(H,14,15). The van der Waals surface area contributed by atoms with Crippen LogP contribution in [0.25, 0.3) is 0 Å². The number of hydrogen-bond acceptors (Lipinski definition) is 4. The van der Waals surface area contributed by atoms with Crippen LogP contribution in [0.1, 0.15) is 6.42 Å². The van der Waals surface area contributed by atoms with Crippen LogP contribution in [0.5, 0.6) is 0 Å². The zero-order valence-corrected chi connectivity index (χ0v) is 11.4. The molecule has 0 radical (unpaired) electrons. The maximum Gasteiger partial charge on any atom is 0.225 e. The minimum Gasteiger partial charge on any atom is -0.384 e. The Bertz CT molecular complexity index is 513. The van der Waals surface area contributed by atoms with E-state index < -0.39 is 21.6 Å². The Morgan fingerprint density at radius 2 is 1.89 bits per heavy atom. The Morgan fingerprint density at radius 1 is 1.26 bits per heavy atom. The van der Waals surface area contributed by atoms with E-state index in [1.807, 2.05) is 0 Å². The molecule has 0 aliphatic heterocycles. The highest BCUT2D eigenvalue weighted by Gasteiger charge is 2.13. The Morgan fingerprint density at radius 3 is 2.47 bits per heavy atom. The van der Waals surface area contributed by atoms with Gasteiger partial charge in [-0.25, -0.2) is 12.8 Å². The van der Waals surface area contributed by atoms with Crippen LogP contribution in [-0.4, -0.2) is 39.5 Å². The van der Waals surface area contributed by atoms with Gasteiger partial charge in [0.1, 0.15) is 5.82 Å². The number of amides is 1. The third kappa shape index (κ3) is 6.30. The predicted octanol–water partition coefficient (Wildman–Crippen LogP) is 1.22. The summed E-state index contributed by atoms with van der Waals surface area (Å²) in [7, 11) is -1.87. The first-order chi connectivity index (χ1) is 8.93. The van der Waals surface area contributed by atoms with Crippen molar-refractivity contribution in [2.75, 3.05) is 30.5 Å². The van der Waals surface area contributed by atoms with Gasteiger partial charge in [-0.2, -0.15) is 0 Å². The Kier molecular flexibility index (Phi) is 5.91. The van der Waals surface area contributed by atoms with E-state index in [-0.39, 0.29) is 24.5 Å². The van der Waals surface area contributed by atoms with Crippen molar-refractivity contribution >= 4 is 21.4 Å². The van der Waals surface area contributed by atoms with E-state index in [4.69, 9.17) is 0 Å². The summed E-state index contributed by atoms with van der Waals surface area (Å²) in [5, 5.41) is 2.50. The molecule has 5 nitrogen and oxygen atoms in total. The fourth-order valence-electron chi connectivity index (χ4n) is 1.32. The molecule has 19 heavy (non-hydrogen) atoms. The molecule has 0 heterocycles. The number of benzene rings is 1. The maximum atomic E-state index is 12.6. The van der Waals surface area contributed by atoms with Gasteiger partial charge in [0.25, 0.3) is 0 Å². The number of halogens is 1. The van der Waals surface area contributed by atoms with Crippen LogP contribution in [0.15, 0.2) is 24.3 Å². The summed E-state index contributed by atoms with van der Waals surface area (Å²) in [5.74, 6) is -1.16. The van der Waals surface area contributed by atoms with Gasteiger partial charge in [0.2, 0.25) is 5.91 Å². The lowest BCUT2D eigenvalue weighted by Crippen LogP contribution is -2.20. The van der Waals surface area contributed by atoms with Gasteiger partial charge in [-0.1, -0.05) is 0 Å². The number of hydrogen-bond donors (Lipinski definition) is 1. The average molecular weight is 289 g/mol. The number of carbonyl (C=O) groups excluding carboxylic acids is 1. The second kappa shape index (κ2) is 7.20. The first kappa shape index (κ1) is 15.6. The SMILES string of the molecule is COCCS(=O)(=O)CCC(=O)Nc1ccc(F)cc1. The van der Waals surface area contributed by atoms with E-state index in [0.29, 0.717) is 5.69 Å². The lowest BCUT2D eigenvalue weighted by atomic mass is 10.3. The van der Waals surface area contributed by atoms with E-state index in [1.165, 1.54) is 31.4 Å². The predicted molar refractivity (Wildman–Crippen MR) is 70.2 cm³/mol. The van der Waals surface area contributed by atoms with Crippen LogP contribution in [-0.2, 0) is 19.4 Å². The fraction of sp³-hybridized carbons (Fsp3) is 0.417. The molecule has 0 aromatic heterocycles. The fourth-order valence-corrected chi connectivity index (χ4v) is 2.44. The third-order valence-electron chi connectivity index (χ3n) is 2.37. The molecule has 0 fully saturated rings. The monoisotopic (exact) mass is 289 g/mol. The molecule has 0 aliphatic rings. The van der Waals surface area contributed by atoms with E-state index in [1.54, 1.807) is 0 Å². The number of anilines is 1. The summed E-state index contributed by atoms with van der Waals surface area (Å²) in [6, 6.07) is 5.25. The number of methoxy groups -OCH3 is 1. The molecule has 1 N–H and O–H groups in total. The quantitative estimate of drug-likeness (QED) is 0.819. The van der Waals surface area contributed by atoms with Crippen LogP contribution in [0.2, 0.25) is 0 Å². The molecule has 0 atom stereocenters. The van der Waals surface area contributed by atoms with Gasteiger partial charge in [-0.3, -0.25) is 4.79 Å². The van der Waals surface area contributed by atoms with E-state index in [0.717, 1.165) is 0 Å². The molecule has 0 spiro atoms. The highest BCUT2D eigenvalue weighted by atomic mass is 32.2. The van der Waals surface area contributed by atoms with Crippen LogP contribution in [0, 0.1) is 5.82 Å². The maximum absolute atomic E-state index is 12.6. The molecule has 1 rings (SSSR count). The van der Waals surface area contributed by atoms with Gasteiger partial charge in [-0.05, 0) is 24.3 Å². The topological polar surface area (TPSA) is 72.5 Å². The molecular weight excluding hydrogens is 273 g/mol.